The van der Waals surface area contributed by atoms with Gasteiger partial charge in [0.1, 0.15) is 0 Å². The van der Waals surface area contributed by atoms with Crippen LogP contribution in [0, 0.1) is 10.1 Å². The van der Waals surface area contributed by atoms with Crippen LogP contribution in [-0.4, -0.2) is 54.3 Å². The molecule has 8 heteroatoms. The molecule has 0 spiro atoms. The molecule has 2 saturated heterocycles. The van der Waals surface area contributed by atoms with Crippen molar-refractivity contribution in [2.24, 2.45) is 0 Å². The number of piperazine rings is 1. The molecule has 2 aliphatic heterocycles. The van der Waals surface area contributed by atoms with E-state index in [-0.39, 0.29) is 29.1 Å². The fourth-order valence-electron chi connectivity index (χ4n) is 3.64. The highest BCUT2D eigenvalue weighted by Gasteiger charge is 2.40. The van der Waals surface area contributed by atoms with Crippen molar-refractivity contribution in [1.82, 2.24) is 9.21 Å². The fourth-order valence-corrected chi connectivity index (χ4v) is 5.46. The third kappa shape index (κ3) is 3.24. The Kier molecular flexibility index (Phi) is 4.39. The lowest BCUT2D eigenvalue weighted by molar-refractivity contribution is -0.385. The van der Waals surface area contributed by atoms with Gasteiger partial charge in [-0.3, -0.25) is 15.0 Å². The molecule has 1 aromatic carbocycles. The summed E-state index contributed by atoms with van der Waals surface area (Å²) in [5.74, 6) is -0.318. The van der Waals surface area contributed by atoms with Crippen LogP contribution in [-0.2, 0) is 15.8 Å². The van der Waals surface area contributed by atoms with Crippen LogP contribution in [0.5, 0.6) is 0 Å². The first-order valence-corrected chi connectivity index (χ1v) is 9.45. The first kappa shape index (κ1) is 16.4. The van der Waals surface area contributed by atoms with E-state index in [4.69, 9.17) is 0 Å². The van der Waals surface area contributed by atoms with Crippen LogP contribution >= 0.6 is 0 Å². The molecule has 0 bridgehead atoms. The van der Waals surface area contributed by atoms with Gasteiger partial charge in [-0.25, -0.2) is 8.42 Å². The maximum absolute atomic E-state index is 12.8. The smallest absolute Gasteiger partial charge is 0.273 e. The number of nitro groups is 1. The summed E-state index contributed by atoms with van der Waals surface area (Å²) < 4.78 is 27.2. The second kappa shape index (κ2) is 6.18. The largest absolute Gasteiger partial charge is 0.297 e. The molecule has 1 aromatic rings. The second-order valence-corrected chi connectivity index (χ2v) is 8.27. The highest BCUT2D eigenvalue weighted by molar-refractivity contribution is 7.88. The standard InChI is InChI=1S/C15H21N3O4S/c1-12-9-16-8-4-6-14(16)10-17(12)23(21,22)11-13-5-2-3-7-15(13)18(19)20/h2-3,5,7,12,14H,4,6,8-11H2,1H3/t12-,14+/m1/s1. The van der Waals surface area contributed by atoms with E-state index < -0.39 is 14.9 Å². The molecule has 0 aromatic heterocycles. The van der Waals surface area contributed by atoms with Crippen molar-refractivity contribution < 1.29 is 13.3 Å². The lowest BCUT2D eigenvalue weighted by Gasteiger charge is -2.41. The van der Waals surface area contributed by atoms with E-state index in [2.05, 4.69) is 4.90 Å². The van der Waals surface area contributed by atoms with Gasteiger partial charge in [-0.05, 0) is 26.3 Å². The molecule has 3 rings (SSSR count). The summed E-state index contributed by atoms with van der Waals surface area (Å²) in [6, 6.07) is 6.24. The summed E-state index contributed by atoms with van der Waals surface area (Å²) in [6.45, 7) is 4.17. The van der Waals surface area contributed by atoms with E-state index >= 15 is 0 Å². The van der Waals surface area contributed by atoms with E-state index in [1.807, 2.05) is 6.92 Å². The van der Waals surface area contributed by atoms with Crippen LogP contribution in [0.15, 0.2) is 24.3 Å². The molecule has 23 heavy (non-hydrogen) atoms. The monoisotopic (exact) mass is 339 g/mol. The predicted octanol–water partition coefficient (Wildman–Crippen LogP) is 1.59. The third-order valence-corrected chi connectivity index (χ3v) is 6.66. The number of nitrogens with zero attached hydrogens (tertiary/aromatic N) is 3. The average molecular weight is 339 g/mol. The Bertz CT molecular complexity index is 706. The Morgan fingerprint density at radius 3 is 2.78 bits per heavy atom. The molecule has 7 nitrogen and oxygen atoms in total. The molecule has 0 saturated carbocycles. The van der Waals surface area contributed by atoms with Crippen LogP contribution in [0.1, 0.15) is 25.3 Å². The van der Waals surface area contributed by atoms with Gasteiger partial charge in [0, 0.05) is 36.8 Å². The zero-order chi connectivity index (χ0) is 16.6. The van der Waals surface area contributed by atoms with Crippen molar-refractivity contribution in [1.29, 1.82) is 0 Å². The zero-order valence-electron chi connectivity index (χ0n) is 13.1. The number of rotatable bonds is 4. The lowest BCUT2D eigenvalue weighted by Crippen LogP contribution is -2.56. The van der Waals surface area contributed by atoms with Gasteiger partial charge in [-0.15, -0.1) is 0 Å². The van der Waals surface area contributed by atoms with Crippen LogP contribution in [0.4, 0.5) is 5.69 Å². The minimum absolute atomic E-state index is 0.0999. The predicted molar refractivity (Wildman–Crippen MR) is 86.5 cm³/mol. The highest BCUT2D eigenvalue weighted by atomic mass is 32.2. The zero-order valence-corrected chi connectivity index (χ0v) is 13.9. The topological polar surface area (TPSA) is 83.8 Å². The Morgan fingerprint density at radius 1 is 1.30 bits per heavy atom. The SMILES string of the molecule is C[C@@H]1CN2CCC[C@H]2CN1S(=O)(=O)Cc1ccccc1[N+](=O)[O-]. The first-order valence-electron chi connectivity index (χ1n) is 7.84. The van der Waals surface area contributed by atoms with Gasteiger partial charge >= 0.3 is 0 Å². The number of hydrogen-bond acceptors (Lipinski definition) is 5. The molecule has 2 aliphatic rings. The maximum Gasteiger partial charge on any atom is 0.273 e. The van der Waals surface area contributed by atoms with Gasteiger partial charge in [0.2, 0.25) is 10.0 Å². The molecule has 2 fully saturated rings. The molecule has 0 unspecified atom stereocenters. The van der Waals surface area contributed by atoms with Gasteiger partial charge in [0.15, 0.2) is 0 Å². The Labute approximate surface area is 136 Å². The van der Waals surface area contributed by atoms with Crippen LogP contribution < -0.4 is 0 Å². The van der Waals surface area contributed by atoms with E-state index in [0.29, 0.717) is 6.54 Å². The number of nitro benzene ring substituents is 1. The van der Waals surface area contributed by atoms with Crippen LogP contribution in [0.2, 0.25) is 0 Å². The van der Waals surface area contributed by atoms with E-state index in [0.717, 1.165) is 25.9 Å². The Hall–Kier alpha value is -1.51. The van der Waals surface area contributed by atoms with Crippen molar-refractivity contribution >= 4 is 15.7 Å². The van der Waals surface area contributed by atoms with Gasteiger partial charge in [-0.2, -0.15) is 4.31 Å². The van der Waals surface area contributed by atoms with Crippen LogP contribution in [0.3, 0.4) is 0 Å². The summed E-state index contributed by atoms with van der Waals surface area (Å²) in [6.07, 6.45) is 2.12. The van der Waals surface area contributed by atoms with Crippen molar-refractivity contribution in [3.63, 3.8) is 0 Å². The number of fused-ring (bicyclic) bond motifs is 1. The molecule has 0 N–H and O–H groups in total. The molecule has 0 radical (unpaired) electrons. The minimum Gasteiger partial charge on any atom is -0.297 e. The van der Waals surface area contributed by atoms with Crippen molar-refractivity contribution in [2.45, 2.75) is 37.6 Å². The summed E-state index contributed by atoms with van der Waals surface area (Å²) in [4.78, 5) is 12.9. The van der Waals surface area contributed by atoms with Gasteiger partial charge in [0.25, 0.3) is 5.69 Å². The minimum atomic E-state index is -3.58. The first-order chi connectivity index (χ1) is 10.9. The average Bonchev–Trinajstić information content (AvgIpc) is 2.93. The molecule has 0 amide bonds. The van der Waals surface area contributed by atoms with Crippen molar-refractivity contribution in [3.05, 3.63) is 39.9 Å². The number of sulfonamides is 1. The highest BCUT2D eigenvalue weighted by Crippen LogP contribution is 2.29. The second-order valence-electron chi connectivity index (χ2n) is 6.35. The van der Waals surface area contributed by atoms with Crippen molar-refractivity contribution in [2.75, 3.05) is 19.6 Å². The Morgan fingerprint density at radius 2 is 2.04 bits per heavy atom. The maximum atomic E-state index is 12.8. The molecule has 2 atom stereocenters. The van der Waals surface area contributed by atoms with E-state index in [1.54, 1.807) is 12.1 Å². The molecule has 2 heterocycles. The summed E-state index contributed by atoms with van der Waals surface area (Å²) >= 11 is 0. The van der Waals surface area contributed by atoms with Gasteiger partial charge < -0.3 is 0 Å². The number of benzene rings is 1. The van der Waals surface area contributed by atoms with E-state index in [1.165, 1.54) is 16.4 Å². The van der Waals surface area contributed by atoms with E-state index in [9.17, 15) is 18.5 Å². The Balaban J connectivity index is 1.83. The number of hydrogen-bond donors (Lipinski definition) is 0. The fraction of sp³-hybridized carbons (Fsp3) is 0.600. The molecule has 126 valence electrons. The summed E-state index contributed by atoms with van der Waals surface area (Å²) in [5, 5.41) is 11.1. The molecular formula is C15H21N3O4S. The normalized spacial score (nSPS) is 26.1. The molecule has 0 aliphatic carbocycles. The third-order valence-electron chi connectivity index (χ3n) is 4.76. The summed E-state index contributed by atoms with van der Waals surface area (Å²) in [7, 11) is -3.58. The number of para-hydroxylation sites is 1. The van der Waals surface area contributed by atoms with Gasteiger partial charge in [-0.1, -0.05) is 18.2 Å². The van der Waals surface area contributed by atoms with Crippen LogP contribution in [0.25, 0.3) is 0 Å². The molecular weight excluding hydrogens is 318 g/mol. The summed E-state index contributed by atoms with van der Waals surface area (Å²) in [5.41, 5.74) is 0.113. The quantitative estimate of drug-likeness (QED) is 0.614. The lowest BCUT2D eigenvalue weighted by atomic mass is 10.1. The van der Waals surface area contributed by atoms with Gasteiger partial charge in [0.05, 0.1) is 10.7 Å². The van der Waals surface area contributed by atoms with Crippen molar-refractivity contribution in [3.8, 4) is 0 Å².